The zero-order valence-corrected chi connectivity index (χ0v) is 22.0. The SMILES string of the molecule is C(CCN1CC1)CC1CO1.C=C(C)C(=O)O.C=C(CCCCCCCCCCCCC)C(=O)O. The van der Waals surface area contributed by atoms with Crippen LogP contribution in [0.1, 0.15) is 110 Å². The van der Waals surface area contributed by atoms with Gasteiger partial charge in [0, 0.05) is 24.2 Å². The minimum Gasteiger partial charge on any atom is -0.478 e. The van der Waals surface area contributed by atoms with E-state index >= 15 is 0 Å². The highest BCUT2D eigenvalue weighted by Crippen LogP contribution is 2.17. The normalized spacial score (nSPS) is 15.9. The summed E-state index contributed by atoms with van der Waals surface area (Å²) in [4.78, 5) is 22.6. The van der Waals surface area contributed by atoms with Gasteiger partial charge in [-0.1, -0.05) is 84.3 Å². The molecule has 2 N–H and O–H groups in total. The Balaban J connectivity index is 0.000000561. The van der Waals surface area contributed by atoms with Gasteiger partial charge >= 0.3 is 11.9 Å². The highest BCUT2D eigenvalue weighted by Gasteiger charge is 2.22. The Morgan fingerprint density at radius 3 is 1.68 bits per heavy atom. The first kappa shape index (κ1) is 32.3. The number of epoxide rings is 1. The van der Waals surface area contributed by atoms with Crippen LogP contribution in [0.3, 0.4) is 0 Å². The molecule has 1 atom stereocenters. The van der Waals surface area contributed by atoms with E-state index < -0.39 is 11.9 Å². The van der Waals surface area contributed by atoms with E-state index in [1.54, 1.807) is 0 Å². The van der Waals surface area contributed by atoms with Crippen molar-refractivity contribution in [1.29, 1.82) is 0 Å². The summed E-state index contributed by atoms with van der Waals surface area (Å²) in [6.07, 6.45) is 19.6. The van der Waals surface area contributed by atoms with Crippen LogP contribution in [0, 0.1) is 0 Å². The summed E-state index contributed by atoms with van der Waals surface area (Å²) in [7, 11) is 0. The fourth-order valence-electron chi connectivity index (χ4n) is 3.35. The summed E-state index contributed by atoms with van der Waals surface area (Å²) in [6.45, 7) is 15.4. The maximum absolute atomic E-state index is 10.5. The number of ether oxygens (including phenoxy) is 1. The van der Waals surface area contributed by atoms with Crippen LogP contribution >= 0.6 is 0 Å². The van der Waals surface area contributed by atoms with E-state index in [1.165, 1.54) is 104 Å². The minimum atomic E-state index is -0.935. The first-order valence-electron chi connectivity index (χ1n) is 13.4. The van der Waals surface area contributed by atoms with Gasteiger partial charge in [0.1, 0.15) is 0 Å². The molecule has 0 aromatic carbocycles. The molecule has 2 fully saturated rings. The van der Waals surface area contributed by atoms with Gasteiger partial charge in [0.25, 0.3) is 0 Å². The number of hydrogen-bond acceptors (Lipinski definition) is 4. The number of unbranched alkanes of at least 4 members (excludes halogenated alkanes) is 11. The Morgan fingerprint density at radius 1 is 0.824 bits per heavy atom. The second-order valence-electron chi connectivity index (χ2n) is 9.57. The van der Waals surface area contributed by atoms with Gasteiger partial charge in [-0.25, -0.2) is 9.59 Å². The third-order valence-corrected chi connectivity index (χ3v) is 5.94. The Morgan fingerprint density at radius 2 is 1.29 bits per heavy atom. The van der Waals surface area contributed by atoms with Crippen LogP contribution in [0.25, 0.3) is 0 Å². The van der Waals surface area contributed by atoms with Crippen molar-refractivity contribution in [3.8, 4) is 0 Å². The molecule has 6 heteroatoms. The van der Waals surface area contributed by atoms with Crippen molar-refractivity contribution in [2.45, 2.75) is 116 Å². The van der Waals surface area contributed by atoms with Crippen LogP contribution in [0.2, 0.25) is 0 Å². The molecule has 34 heavy (non-hydrogen) atoms. The largest absolute Gasteiger partial charge is 0.478 e. The molecule has 1 unspecified atom stereocenters. The van der Waals surface area contributed by atoms with E-state index in [9.17, 15) is 9.59 Å². The molecule has 198 valence electrons. The second-order valence-corrected chi connectivity index (χ2v) is 9.57. The predicted octanol–water partition coefficient (Wildman–Crippen LogP) is 6.85. The topological polar surface area (TPSA) is 90.1 Å². The fourth-order valence-corrected chi connectivity index (χ4v) is 3.35. The van der Waals surface area contributed by atoms with Gasteiger partial charge in [-0.2, -0.15) is 0 Å². The lowest BCUT2D eigenvalue weighted by Gasteiger charge is -2.02. The summed E-state index contributed by atoms with van der Waals surface area (Å²) in [5, 5.41) is 16.5. The molecule has 0 bridgehead atoms. The monoisotopic (exact) mass is 481 g/mol. The van der Waals surface area contributed by atoms with Crippen molar-refractivity contribution in [3.05, 3.63) is 24.3 Å². The Bertz CT molecular complexity index is 541. The molecule has 2 aliphatic heterocycles. The van der Waals surface area contributed by atoms with Crippen molar-refractivity contribution in [2.24, 2.45) is 0 Å². The molecular weight excluding hydrogens is 430 g/mol. The number of carbonyl (C=O) groups is 2. The van der Waals surface area contributed by atoms with Gasteiger partial charge in [0.15, 0.2) is 0 Å². The number of aliphatic carboxylic acids is 2. The van der Waals surface area contributed by atoms with Crippen LogP contribution in [-0.4, -0.2) is 59.4 Å². The Hall–Kier alpha value is -1.66. The molecular formula is C28H51NO5. The minimum absolute atomic E-state index is 0.176. The average Bonchev–Trinajstić information content (AvgIpc) is 3.71. The number of carboxylic acid groups (broad SMARTS) is 2. The lowest BCUT2D eigenvalue weighted by atomic mass is 10.0. The maximum Gasteiger partial charge on any atom is 0.330 e. The van der Waals surface area contributed by atoms with Crippen molar-refractivity contribution in [3.63, 3.8) is 0 Å². The summed E-state index contributed by atoms with van der Waals surface area (Å²) < 4.78 is 5.12. The standard InChI is InChI=1S/C16H30O2.C8H15NO.C4H6O2/c1-3-4-5-6-7-8-9-10-11-12-13-14-15(2)16(17)18;1(3-8-7-10-8)2-4-9-5-6-9;1-3(2)4(5)6/h2-14H2,1H3,(H,17,18);8H,1-7H2;1H2,2H3,(H,5,6). The zero-order chi connectivity index (χ0) is 25.6. The van der Waals surface area contributed by atoms with E-state index in [4.69, 9.17) is 14.9 Å². The molecule has 6 nitrogen and oxygen atoms in total. The Kier molecular flexibility index (Phi) is 20.8. The molecule has 0 aromatic rings. The molecule has 0 saturated carbocycles. The lowest BCUT2D eigenvalue weighted by molar-refractivity contribution is -0.133. The molecule has 0 radical (unpaired) electrons. The second kappa shape index (κ2) is 21.8. The predicted molar refractivity (Wildman–Crippen MR) is 140 cm³/mol. The third-order valence-electron chi connectivity index (χ3n) is 5.94. The lowest BCUT2D eigenvalue weighted by Crippen LogP contribution is -1.99. The van der Waals surface area contributed by atoms with Crippen LogP contribution in [0.5, 0.6) is 0 Å². The van der Waals surface area contributed by atoms with Gasteiger partial charge in [-0.05, 0) is 45.6 Å². The van der Waals surface area contributed by atoms with Gasteiger partial charge < -0.3 is 19.8 Å². The summed E-state index contributed by atoms with van der Waals surface area (Å²) >= 11 is 0. The van der Waals surface area contributed by atoms with Crippen LogP contribution in [0.4, 0.5) is 0 Å². The van der Waals surface area contributed by atoms with Crippen molar-refractivity contribution in [2.75, 3.05) is 26.2 Å². The van der Waals surface area contributed by atoms with Crippen molar-refractivity contribution >= 4 is 11.9 Å². The van der Waals surface area contributed by atoms with E-state index in [2.05, 4.69) is 25.0 Å². The molecule has 0 aromatic heterocycles. The van der Waals surface area contributed by atoms with E-state index in [1.807, 2.05) is 0 Å². The van der Waals surface area contributed by atoms with Crippen molar-refractivity contribution < 1.29 is 24.5 Å². The van der Waals surface area contributed by atoms with Gasteiger partial charge in [0.05, 0.1) is 12.7 Å². The molecule has 2 heterocycles. The van der Waals surface area contributed by atoms with Gasteiger partial charge in [-0.3, -0.25) is 0 Å². The highest BCUT2D eigenvalue weighted by atomic mass is 16.6. The quantitative estimate of drug-likeness (QED) is 0.119. The zero-order valence-electron chi connectivity index (χ0n) is 22.0. The number of nitrogens with zero attached hydrogens (tertiary/aromatic N) is 1. The average molecular weight is 482 g/mol. The number of carboxylic acids is 2. The first-order valence-corrected chi connectivity index (χ1v) is 13.4. The smallest absolute Gasteiger partial charge is 0.330 e. The van der Waals surface area contributed by atoms with E-state index in [-0.39, 0.29) is 5.57 Å². The molecule has 2 aliphatic rings. The molecule has 2 saturated heterocycles. The molecule has 0 amide bonds. The first-order chi connectivity index (χ1) is 16.3. The number of hydrogen-bond donors (Lipinski definition) is 2. The number of rotatable bonds is 19. The van der Waals surface area contributed by atoms with E-state index in [0.29, 0.717) is 18.1 Å². The van der Waals surface area contributed by atoms with Gasteiger partial charge in [0.2, 0.25) is 0 Å². The molecule has 2 rings (SSSR count). The van der Waals surface area contributed by atoms with Crippen LogP contribution in [-0.2, 0) is 14.3 Å². The third kappa shape index (κ3) is 25.0. The van der Waals surface area contributed by atoms with Crippen molar-refractivity contribution in [1.82, 2.24) is 4.90 Å². The molecule has 0 aliphatic carbocycles. The van der Waals surface area contributed by atoms with Gasteiger partial charge in [-0.15, -0.1) is 0 Å². The molecule has 0 spiro atoms. The summed E-state index contributed by atoms with van der Waals surface area (Å²) in [5.41, 5.74) is 0.529. The van der Waals surface area contributed by atoms with E-state index in [0.717, 1.165) is 19.4 Å². The fraction of sp³-hybridized carbons (Fsp3) is 0.786. The summed E-state index contributed by atoms with van der Waals surface area (Å²) in [6, 6.07) is 0. The van der Waals surface area contributed by atoms with Crippen LogP contribution < -0.4 is 0 Å². The Labute approximate surface area is 208 Å². The summed E-state index contributed by atoms with van der Waals surface area (Å²) in [5.74, 6) is -1.78. The maximum atomic E-state index is 10.5. The highest BCUT2D eigenvalue weighted by molar-refractivity contribution is 5.85. The van der Waals surface area contributed by atoms with Crippen LogP contribution in [0.15, 0.2) is 24.3 Å².